The Morgan fingerprint density at radius 3 is 2.35 bits per heavy atom. The summed E-state index contributed by atoms with van der Waals surface area (Å²) < 4.78 is 25.7. The summed E-state index contributed by atoms with van der Waals surface area (Å²) in [5.74, 6) is -0.200. The number of benzene rings is 1. The molecule has 1 amide bonds. The van der Waals surface area contributed by atoms with E-state index in [1.54, 1.807) is 38.1 Å². The van der Waals surface area contributed by atoms with Crippen molar-refractivity contribution in [1.29, 1.82) is 0 Å². The van der Waals surface area contributed by atoms with Gasteiger partial charge in [0.05, 0.1) is 10.9 Å². The van der Waals surface area contributed by atoms with E-state index in [0.29, 0.717) is 11.4 Å². The molecule has 5 nitrogen and oxygen atoms in total. The fourth-order valence-electron chi connectivity index (χ4n) is 1.15. The molecule has 17 heavy (non-hydrogen) atoms. The number of rotatable bonds is 4. The Balaban J connectivity index is 2.90. The zero-order valence-corrected chi connectivity index (χ0v) is 10.8. The Morgan fingerprint density at radius 1 is 1.24 bits per heavy atom. The molecule has 0 saturated heterocycles. The van der Waals surface area contributed by atoms with E-state index in [0.717, 1.165) is 0 Å². The van der Waals surface area contributed by atoms with Crippen molar-refractivity contribution in [1.82, 2.24) is 0 Å². The van der Waals surface area contributed by atoms with Gasteiger partial charge in [-0.2, -0.15) is 0 Å². The van der Waals surface area contributed by atoms with Gasteiger partial charge in [-0.3, -0.25) is 9.52 Å². The van der Waals surface area contributed by atoms with Crippen LogP contribution in [0.2, 0.25) is 0 Å². The van der Waals surface area contributed by atoms with Crippen LogP contribution >= 0.6 is 0 Å². The van der Waals surface area contributed by atoms with E-state index in [1.807, 2.05) is 0 Å². The molecule has 0 spiro atoms. The van der Waals surface area contributed by atoms with Gasteiger partial charge in [0, 0.05) is 12.6 Å². The minimum absolute atomic E-state index is 0.200. The van der Waals surface area contributed by atoms with Crippen LogP contribution in [0.1, 0.15) is 20.8 Å². The van der Waals surface area contributed by atoms with Crippen LogP contribution in [0.4, 0.5) is 11.4 Å². The fraction of sp³-hybridized carbons (Fsp3) is 0.364. The van der Waals surface area contributed by atoms with Crippen molar-refractivity contribution < 1.29 is 13.2 Å². The zero-order chi connectivity index (χ0) is 13.1. The van der Waals surface area contributed by atoms with Gasteiger partial charge in [-0.05, 0) is 32.0 Å². The summed E-state index contributed by atoms with van der Waals surface area (Å²) in [5.41, 5.74) is 0.992. The maximum atomic E-state index is 11.6. The first kappa shape index (κ1) is 13.5. The second kappa shape index (κ2) is 5.18. The van der Waals surface area contributed by atoms with Crippen molar-refractivity contribution in [3.8, 4) is 0 Å². The van der Waals surface area contributed by atoms with E-state index in [2.05, 4.69) is 10.0 Å². The summed E-state index contributed by atoms with van der Waals surface area (Å²) in [6.07, 6.45) is 0. The standard InChI is InChI=1S/C11H16N2O3S/c1-8(2)17(15,16)13-11-6-4-5-10(7-11)12-9(3)14/h4-8,13H,1-3H3,(H,12,14). The molecule has 1 aromatic carbocycles. The molecule has 0 aromatic heterocycles. The zero-order valence-electron chi connectivity index (χ0n) is 10.0. The summed E-state index contributed by atoms with van der Waals surface area (Å²) in [6, 6.07) is 6.56. The quantitative estimate of drug-likeness (QED) is 0.862. The van der Waals surface area contributed by atoms with Crippen molar-refractivity contribution in [3.63, 3.8) is 0 Å². The number of amides is 1. The molecule has 0 heterocycles. The monoisotopic (exact) mass is 256 g/mol. The number of anilines is 2. The van der Waals surface area contributed by atoms with E-state index in [4.69, 9.17) is 0 Å². The van der Waals surface area contributed by atoms with Crippen LogP contribution in [0.25, 0.3) is 0 Å². The maximum Gasteiger partial charge on any atom is 0.235 e. The van der Waals surface area contributed by atoms with Crippen molar-refractivity contribution in [2.75, 3.05) is 10.0 Å². The molecule has 1 rings (SSSR count). The predicted molar refractivity (Wildman–Crippen MR) is 68.4 cm³/mol. The fourth-order valence-corrected chi connectivity index (χ4v) is 1.84. The normalized spacial score (nSPS) is 11.3. The Labute approximate surface area is 101 Å². The first-order chi connectivity index (χ1) is 7.81. The lowest BCUT2D eigenvalue weighted by Crippen LogP contribution is -2.22. The molecule has 94 valence electrons. The van der Waals surface area contributed by atoms with E-state index in [1.165, 1.54) is 6.92 Å². The molecule has 6 heteroatoms. The predicted octanol–water partition coefficient (Wildman–Crippen LogP) is 1.80. The van der Waals surface area contributed by atoms with Crippen molar-refractivity contribution in [2.24, 2.45) is 0 Å². The Hall–Kier alpha value is -1.56. The van der Waals surface area contributed by atoms with Crippen molar-refractivity contribution >= 4 is 27.3 Å². The van der Waals surface area contributed by atoms with Gasteiger partial charge < -0.3 is 5.32 Å². The summed E-state index contributed by atoms with van der Waals surface area (Å²) in [5, 5.41) is 2.08. The molecular weight excluding hydrogens is 240 g/mol. The van der Waals surface area contributed by atoms with Crippen molar-refractivity contribution in [3.05, 3.63) is 24.3 Å². The third-order valence-electron chi connectivity index (χ3n) is 2.06. The van der Waals surface area contributed by atoms with Crippen LogP contribution < -0.4 is 10.0 Å². The Kier molecular flexibility index (Phi) is 4.11. The molecule has 0 radical (unpaired) electrons. The van der Waals surface area contributed by atoms with E-state index >= 15 is 0 Å². The van der Waals surface area contributed by atoms with Gasteiger partial charge in [-0.15, -0.1) is 0 Å². The van der Waals surface area contributed by atoms with E-state index in [9.17, 15) is 13.2 Å². The second-order valence-electron chi connectivity index (χ2n) is 3.96. The molecule has 1 aromatic rings. The highest BCUT2D eigenvalue weighted by Gasteiger charge is 2.15. The minimum atomic E-state index is -3.36. The molecule has 2 N–H and O–H groups in total. The summed E-state index contributed by atoms with van der Waals surface area (Å²) in [7, 11) is -3.36. The molecular formula is C11H16N2O3S. The number of carbonyl (C=O) groups excluding carboxylic acids is 1. The highest BCUT2D eigenvalue weighted by molar-refractivity contribution is 7.93. The van der Waals surface area contributed by atoms with Crippen LogP contribution in [-0.2, 0) is 14.8 Å². The molecule has 0 fully saturated rings. The first-order valence-electron chi connectivity index (χ1n) is 5.20. The van der Waals surface area contributed by atoms with Gasteiger partial charge in [0.25, 0.3) is 0 Å². The van der Waals surface area contributed by atoms with Crippen LogP contribution in [0.5, 0.6) is 0 Å². The SMILES string of the molecule is CC(=O)Nc1cccc(NS(=O)(=O)C(C)C)c1. The highest BCUT2D eigenvalue weighted by atomic mass is 32.2. The number of sulfonamides is 1. The number of carbonyl (C=O) groups is 1. The second-order valence-corrected chi connectivity index (χ2v) is 6.19. The number of nitrogens with one attached hydrogen (secondary N) is 2. The summed E-state index contributed by atoms with van der Waals surface area (Å²) in [4.78, 5) is 10.9. The van der Waals surface area contributed by atoms with Crippen LogP contribution in [0.3, 0.4) is 0 Å². The molecule has 0 saturated carbocycles. The molecule has 0 aliphatic heterocycles. The average Bonchev–Trinajstić information content (AvgIpc) is 2.15. The van der Waals surface area contributed by atoms with Gasteiger partial charge in [0.15, 0.2) is 0 Å². The molecule has 0 aliphatic carbocycles. The lowest BCUT2D eigenvalue weighted by molar-refractivity contribution is -0.114. The van der Waals surface area contributed by atoms with Gasteiger partial charge in [0.1, 0.15) is 0 Å². The Morgan fingerprint density at radius 2 is 1.82 bits per heavy atom. The van der Waals surface area contributed by atoms with E-state index in [-0.39, 0.29) is 5.91 Å². The lowest BCUT2D eigenvalue weighted by atomic mass is 10.3. The topological polar surface area (TPSA) is 75.3 Å². The van der Waals surface area contributed by atoms with Gasteiger partial charge in [-0.1, -0.05) is 6.07 Å². The minimum Gasteiger partial charge on any atom is -0.326 e. The summed E-state index contributed by atoms with van der Waals surface area (Å²) in [6.45, 7) is 4.59. The molecule has 0 atom stereocenters. The number of hydrogen-bond donors (Lipinski definition) is 2. The molecule has 0 bridgehead atoms. The lowest BCUT2D eigenvalue weighted by Gasteiger charge is -2.11. The van der Waals surface area contributed by atoms with Gasteiger partial charge in [0.2, 0.25) is 15.9 Å². The van der Waals surface area contributed by atoms with Gasteiger partial charge in [-0.25, -0.2) is 8.42 Å². The van der Waals surface area contributed by atoms with Crippen LogP contribution in [-0.4, -0.2) is 19.6 Å². The highest BCUT2D eigenvalue weighted by Crippen LogP contribution is 2.17. The first-order valence-corrected chi connectivity index (χ1v) is 6.75. The van der Waals surface area contributed by atoms with Crippen LogP contribution in [0.15, 0.2) is 24.3 Å². The Bertz CT molecular complexity index is 509. The van der Waals surface area contributed by atoms with E-state index < -0.39 is 15.3 Å². The third-order valence-corrected chi connectivity index (χ3v) is 3.83. The maximum absolute atomic E-state index is 11.6. The average molecular weight is 256 g/mol. The van der Waals surface area contributed by atoms with Gasteiger partial charge >= 0.3 is 0 Å². The third kappa shape index (κ3) is 4.07. The molecule has 0 unspecified atom stereocenters. The molecule has 0 aliphatic rings. The summed E-state index contributed by atoms with van der Waals surface area (Å²) >= 11 is 0. The number of hydrogen-bond acceptors (Lipinski definition) is 3. The largest absolute Gasteiger partial charge is 0.326 e. The smallest absolute Gasteiger partial charge is 0.235 e. The van der Waals surface area contributed by atoms with Crippen LogP contribution in [0, 0.1) is 0 Å². The van der Waals surface area contributed by atoms with Crippen molar-refractivity contribution in [2.45, 2.75) is 26.0 Å².